The maximum absolute atomic E-state index is 13.0. The Balaban J connectivity index is 2.31. The number of carboxylic acids is 1. The lowest BCUT2D eigenvalue weighted by Gasteiger charge is -2.08. The molecule has 0 atom stereocenters. The van der Waals surface area contributed by atoms with Gasteiger partial charge in [-0.25, -0.2) is 9.18 Å². The van der Waals surface area contributed by atoms with Gasteiger partial charge >= 0.3 is 5.97 Å². The Hall–Kier alpha value is -2.46. The number of hydrogen-bond donors (Lipinski definition) is 1. The number of aromatic nitrogens is 1. The van der Waals surface area contributed by atoms with Crippen molar-refractivity contribution in [1.29, 1.82) is 0 Å². The van der Waals surface area contributed by atoms with Gasteiger partial charge in [0.1, 0.15) is 5.82 Å². The monoisotopic (exact) mass is 301 g/mol. The van der Waals surface area contributed by atoms with E-state index in [1.165, 1.54) is 30.5 Å². The lowest BCUT2D eigenvalue weighted by Crippen LogP contribution is -1.97. The van der Waals surface area contributed by atoms with Gasteiger partial charge in [-0.1, -0.05) is 17.7 Å². The number of carboxylic acid groups (broad SMARTS) is 1. The summed E-state index contributed by atoms with van der Waals surface area (Å²) in [6, 6.07) is 10.5. The smallest absolute Gasteiger partial charge is 0.335 e. The molecule has 0 saturated heterocycles. The molecule has 0 saturated carbocycles. The molecule has 0 aliphatic heterocycles. The van der Waals surface area contributed by atoms with Crippen molar-refractivity contribution in [3.63, 3.8) is 0 Å². The van der Waals surface area contributed by atoms with Gasteiger partial charge in [0, 0.05) is 22.5 Å². The van der Waals surface area contributed by atoms with Crippen molar-refractivity contribution in [2.45, 2.75) is 0 Å². The molecule has 0 fully saturated rings. The summed E-state index contributed by atoms with van der Waals surface area (Å²) in [6.07, 6.45) is 1.50. The molecule has 0 aliphatic carbocycles. The summed E-state index contributed by atoms with van der Waals surface area (Å²) < 4.78 is 13.0. The number of benzene rings is 2. The molecular formula is C16H9ClFNO2. The van der Waals surface area contributed by atoms with Crippen molar-refractivity contribution in [2.75, 3.05) is 0 Å². The molecule has 1 N–H and O–H groups in total. The zero-order chi connectivity index (χ0) is 15.0. The van der Waals surface area contributed by atoms with E-state index < -0.39 is 5.97 Å². The molecule has 0 radical (unpaired) electrons. The predicted octanol–water partition coefficient (Wildman–Crippen LogP) is 4.39. The van der Waals surface area contributed by atoms with Gasteiger partial charge in [0.15, 0.2) is 0 Å². The van der Waals surface area contributed by atoms with Crippen LogP contribution >= 0.6 is 11.6 Å². The fraction of sp³-hybridized carbons (Fsp3) is 0. The maximum Gasteiger partial charge on any atom is 0.335 e. The van der Waals surface area contributed by atoms with Crippen LogP contribution in [-0.2, 0) is 0 Å². The Morgan fingerprint density at radius 3 is 2.48 bits per heavy atom. The highest BCUT2D eigenvalue weighted by atomic mass is 35.5. The van der Waals surface area contributed by atoms with Crippen LogP contribution in [-0.4, -0.2) is 16.1 Å². The molecule has 1 heterocycles. The first-order valence-corrected chi connectivity index (χ1v) is 6.51. The lowest BCUT2D eigenvalue weighted by molar-refractivity contribution is 0.0697. The van der Waals surface area contributed by atoms with Crippen molar-refractivity contribution in [1.82, 2.24) is 4.98 Å². The highest BCUT2D eigenvalue weighted by molar-refractivity contribution is 6.35. The van der Waals surface area contributed by atoms with Crippen LogP contribution in [0, 0.1) is 5.82 Å². The molecule has 2 aromatic carbocycles. The van der Waals surface area contributed by atoms with E-state index >= 15 is 0 Å². The molecule has 0 bridgehead atoms. The number of nitrogens with zero attached hydrogens (tertiary/aromatic N) is 1. The fourth-order valence-corrected chi connectivity index (χ4v) is 2.39. The average Bonchev–Trinajstić information content (AvgIpc) is 2.48. The van der Waals surface area contributed by atoms with Gasteiger partial charge in [-0.3, -0.25) is 4.98 Å². The summed E-state index contributed by atoms with van der Waals surface area (Å²) in [5.41, 5.74) is 1.41. The normalized spacial score (nSPS) is 10.8. The summed E-state index contributed by atoms with van der Waals surface area (Å²) >= 11 is 6.10. The zero-order valence-corrected chi connectivity index (χ0v) is 11.4. The Labute approximate surface area is 124 Å². The molecule has 3 aromatic rings. The van der Waals surface area contributed by atoms with Crippen molar-refractivity contribution in [3.05, 3.63) is 65.1 Å². The minimum atomic E-state index is -1.03. The molecule has 21 heavy (non-hydrogen) atoms. The third kappa shape index (κ3) is 2.45. The van der Waals surface area contributed by atoms with Crippen molar-refractivity contribution in [2.24, 2.45) is 0 Å². The predicted molar refractivity (Wildman–Crippen MR) is 79.1 cm³/mol. The van der Waals surface area contributed by atoms with E-state index in [9.17, 15) is 9.18 Å². The highest BCUT2D eigenvalue weighted by Crippen LogP contribution is 2.31. The number of carbonyl (C=O) groups is 1. The molecule has 104 valence electrons. The number of fused-ring (bicyclic) bond motifs is 1. The maximum atomic E-state index is 13.0. The molecule has 1 aromatic heterocycles. The van der Waals surface area contributed by atoms with Crippen LogP contribution in [0.25, 0.3) is 22.0 Å². The molecule has 3 rings (SSSR count). The third-order valence-corrected chi connectivity index (χ3v) is 3.50. The van der Waals surface area contributed by atoms with Crippen LogP contribution in [0.5, 0.6) is 0 Å². The number of aromatic carboxylic acids is 1. The van der Waals surface area contributed by atoms with Gasteiger partial charge in [-0.2, -0.15) is 0 Å². The molecular weight excluding hydrogens is 293 g/mol. The van der Waals surface area contributed by atoms with E-state index in [-0.39, 0.29) is 11.4 Å². The van der Waals surface area contributed by atoms with Gasteiger partial charge in [0.25, 0.3) is 0 Å². The molecule has 0 amide bonds. The Bertz CT molecular complexity index is 847. The second-order valence-corrected chi connectivity index (χ2v) is 4.93. The summed E-state index contributed by atoms with van der Waals surface area (Å²) in [5.74, 6) is -1.37. The van der Waals surface area contributed by atoms with Crippen LogP contribution in [0.1, 0.15) is 10.4 Å². The number of hydrogen-bond acceptors (Lipinski definition) is 2. The van der Waals surface area contributed by atoms with Gasteiger partial charge < -0.3 is 5.11 Å². The number of pyridine rings is 1. The Morgan fingerprint density at radius 1 is 1.10 bits per heavy atom. The van der Waals surface area contributed by atoms with Crippen molar-refractivity contribution < 1.29 is 14.3 Å². The van der Waals surface area contributed by atoms with Crippen LogP contribution in [0.4, 0.5) is 4.39 Å². The molecule has 0 aliphatic rings. The van der Waals surface area contributed by atoms with Crippen LogP contribution < -0.4 is 0 Å². The SMILES string of the molecule is O=C(O)c1ccc2c(Cl)cnc(-c3ccc(F)cc3)c2c1. The summed E-state index contributed by atoms with van der Waals surface area (Å²) in [4.78, 5) is 15.4. The Morgan fingerprint density at radius 2 is 1.81 bits per heavy atom. The average molecular weight is 302 g/mol. The summed E-state index contributed by atoms with van der Waals surface area (Å²) in [5, 5.41) is 10.9. The van der Waals surface area contributed by atoms with Gasteiger partial charge in [-0.15, -0.1) is 0 Å². The van der Waals surface area contributed by atoms with E-state index in [0.717, 1.165) is 0 Å². The Kier molecular flexibility index (Phi) is 3.31. The van der Waals surface area contributed by atoms with E-state index in [1.54, 1.807) is 18.2 Å². The van der Waals surface area contributed by atoms with E-state index in [1.807, 2.05) is 0 Å². The standard InChI is InChI=1S/C16H9ClFNO2/c17-14-8-19-15(9-1-4-11(18)5-2-9)13-7-10(16(20)21)3-6-12(13)14/h1-8H,(H,20,21). The minimum Gasteiger partial charge on any atom is -0.478 e. The zero-order valence-electron chi connectivity index (χ0n) is 10.7. The third-order valence-electron chi connectivity index (χ3n) is 3.20. The van der Waals surface area contributed by atoms with Crippen LogP contribution in [0.3, 0.4) is 0 Å². The van der Waals surface area contributed by atoms with Gasteiger partial charge in [0.2, 0.25) is 0 Å². The van der Waals surface area contributed by atoms with Crippen LogP contribution in [0.2, 0.25) is 5.02 Å². The topological polar surface area (TPSA) is 50.2 Å². The largest absolute Gasteiger partial charge is 0.478 e. The minimum absolute atomic E-state index is 0.148. The summed E-state index contributed by atoms with van der Waals surface area (Å²) in [6.45, 7) is 0. The molecule has 0 unspecified atom stereocenters. The molecule has 3 nitrogen and oxygen atoms in total. The summed E-state index contributed by atoms with van der Waals surface area (Å²) in [7, 11) is 0. The van der Waals surface area contributed by atoms with E-state index in [2.05, 4.69) is 4.98 Å². The van der Waals surface area contributed by atoms with Gasteiger partial charge in [-0.05, 0) is 36.4 Å². The van der Waals surface area contributed by atoms with E-state index in [4.69, 9.17) is 16.7 Å². The number of halogens is 2. The lowest BCUT2D eigenvalue weighted by atomic mass is 10.0. The van der Waals surface area contributed by atoms with Crippen molar-refractivity contribution in [3.8, 4) is 11.3 Å². The quantitative estimate of drug-likeness (QED) is 0.763. The fourth-order valence-electron chi connectivity index (χ4n) is 2.18. The first-order valence-electron chi connectivity index (χ1n) is 6.14. The first kappa shape index (κ1) is 13.5. The highest BCUT2D eigenvalue weighted by Gasteiger charge is 2.12. The van der Waals surface area contributed by atoms with E-state index in [0.29, 0.717) is 27.1 Å². The van der Waals surface area contributed by atoms with Crippen LogP contribution in [0.15, 0.2) is 48.7 Å². The second kappa shape index (κ2) is 5.14. The number of rotatable bonds is 2. The molecule has 5 heteroatoms. The first-order chi connectivity index (χ1) is 10.1. The molecule has 0 spiro atoms. The van der Waals surface area contributed by atoms with Crippen molar-refractivity contribution >= 4 is 28.3 Å². The second-order valence-electron chi connectivity index (χ2n) is 4.53. The van der Waals surface area contributed by atoms with Gasteiger partial charge in [0.05, 0.1) is 16.3 Å².